The van der Waals surface area contributed by atoms with Gasteiger partial charge in [0.05, 0.1) is 17.3 Å². The molecule has 0 aromatic carbocycles. The van der Waals surface area contributed by atoms with Crippen LogP contribution in [0.3, 0.4) is 0 Å². The Morgan fingerprint density at radius 2 is 2.50 bits per heavy atom. The molecule has 5 nitrogen and oxygen atoms in total. The first-order valence-electron chi connectivity index (χ1n) is 4.00. The van der Waals surface area contributed by atoms with E-state index in [0.717, 1.165) is 6.42 Å². The maximum atomic E-state index is 5.35. The SMILES string of the molecule is C=CCCOc1nc(NN)ncc1Br. The van der Waals surface area contributed by atoms with Crippen LogP contribution in [0.25, 0.3) is 0 Å². The summed E-state index contributed by atoms with van der Waals surface area (Å²) in [5.41, 5.74) is 2.34. The summed E-state index contributed by atoms with van der Waals surface area (Å²) in [5.74, 6) is 5.95. The number of hydrogen-bond donors (Lipinski definition) is 2. The zero-order valence-electron chi connectivity index (χ0n) is 7.53. The van der Waals surface area contributed by atoms with Gasteiger partial charge in [-0.3, -0.25) is 5.43 Å². The molecule has 0 unspecified atom stereocenters. The number of ether oxygens (including phenoxy) is 1. The van der Waals surface area contributed by atoms with Crippen LogP contribution in [0.4, 0.5) is 5.95 Å². The van der Waals surface area contributed by atoms with Crippen LogP contribution in [-0.2, 0) is 0 Å². The second kappa shape index (κ2) is 5.56. The molecule has 0 saturated heterocycles. The maximum absolute atomic E-state index is 5.35. The van der Waals surface area contributed by atoms with E-state index in [4.69, 9.17) is 10.6 Å². The summed E-state index contributed by atoms with van der Waals surface area (Å²) >= 11 is 3.27. The van der Waals surface area contributed by atoms with Gasteiger partial charge in [0, 0.05) is 0 Å². The van der Waals surface area contributed by atoms with Crippen molar-refractivity contribution in [2.45, 2.75) is 6.42 Å². The lowest BCUT2D eigenvalue weighted by molar-refractivity contribution is 0.310. The predicted octanol–water partition coefficient (Wildman–Crippen LogP) is 1.48. The Kier molecular flexibility index (Phi) is 4.34. The Hall–Kier alpha value is -1.14. The molecule has 0 spiro atoms. The van der Waals surface area contributed by atoms with Crippen molar-refractivity contribution < 1.29 is 4.74 Å². The topological polar surface area (TPSA) is 73.1 Å². The third-order valence-corrected chi connectivity index (χ3v) is 1.95. The molecule has 0 aliphatic carbocycles. The monoisotopic (exact) mass is 258 g/mol. The number of nitrogens with zero attached hydrogens (tertiary/aromatic N) is 2. The van der Waals surface area contributed by atoms with E-state index >= 15 is 0 Å². The fourth-order valence-corrected chi connectivity index (χ4v) is 1.07. The minimum atomic E-state index is 0.321. The Morgan fingerprint density at radius 3 is 3.14 bits per heavy atom. The lowest BCUT2D eigenvalue weighted by Gasteiger charge is -2.06. The third-order valence-electron chi connectivity index (χ3n) is 1.40. The van der Waals surface area contributed by atoms with Gasteiger partial charge in [-0.25, -0.2) is 10.8 Å². The summed E-state index contributed by atoms with van der Waals surface area (Å²) in [6.45, 7) is 4.12. The lowest BCUT2D eigenvalue weighted by Crippen LogP contribution is -2.11. The van der Waals surface area contributed by atoms with Gasteiger partial charge in [0.25, 0.3) is 0 Å². The summed E-state index contributed by atoms with van der Waals surface area (Å²) < 4.78 is 6.05. The largest absolute Gasteiger partial charge is 0.476 e. The molecule has 0 aliphatic rings. The first-order valence-corrected chi connectivity index (χ1v) is 4.80. The first kappa shape index (κ1) is 10.9. The number of aromatic nitrogens is 2. The second-order valence-electron chi connectivity index (χ2n) is 2.42. The Morgan fingerprint density at radius 1 is 1.71 bits per heavy atom. The van der Waals surface area contributed by atoms with Crippen LogP contribution >= 0.6 is 15.9 Å². The molecule has 1 aromatic rings. The highest BCUT2D eigenvalue weighted by Gasteiger charge is 2.04. The third kappa shape index (κ3) is 2.97. The minimum Gasteiger partial charge on any atom is -0.476 e. The molecule has 0 saturated carbocycles. The van der Waals surface area contributed by atoms with Crippen LogP contribution in [0.2, 0.25) is 0 Å². The van der Waals surface area contributed by atoms with E-state index in [0.29, 0.717) is 22.9 Å². The van der Waals surface area contributed by atoms with Gasteiger partial charge < -0.3 is 4.74 Å². The van der Waals surface area contributed by atoms with E-state index in [1.807, 2.05) is 0 Å². The van der Waals surface area contributed by atoms with E-state index in [-0.39, 0.29) is 0 Å². The molecule has 0 aliphatic heterocycles. The van der Waals surface area contributed by atoms with Crippen LogP contribution in [0, 0.1) is 0 Å². The molecule has 0 amide bonds. The predicted molar refractivity (Wildman–Crippen MR) is 57.9 cm³/mol. The van der Waals surface area contributed by atoms with Gasteiger partial charge in [-0.1, -0.05) is 6.08 Å². The van der Waals surface area contributed by atoms with Crippen molar-refractivity contribution in [3.8, 4) is 5.88 Å². The first-order chi connectivity index (χ1) is 6.77. The standard InChI is InChI=1S/C8H11BrN4O/c1-2-3-4-14-7-6(9)5-11-8(12-7)13-10/h2,5H,1,3-4,10H2,(H,11,12,13). The average molecular weight is 259 g/mol. The average Bonchev–Trinajstić information content (AvgIpc) is 2.21. The van der Waals surface area contributed by atoms with Gasteiger partial charge in [-0.2, -0.15) is 4.98 Å². The van der Waals surface area contributed by atoms with Crippen LogP contribution in [-0.4, -0.2) is 16.6 Å². The van der Waals surface area contributed by atoms with Crippen LogP contribution in [0.15, 0.2) is 23.3 Å². The Balaban J connectivity index is 2.68. The summed E-state index contributed by atoms with van der Waals surface area (Å²) in [5, 5.41) is 0. The Bertz CT molecular complexity index is 318. The second-order valence-corrected chi connectivity index (χ2v) is 3.27. The van der Waals surface area contributed by atoms with Gasteiger partial charge in [0.2, 0.25) is 11.8 Å². The highest BCUT2D eigenvalue weighted by molar-refractivity contribution is 9.10. The van der Waals surface area contributed by atoms with E-state index < -0.39 is 0 Å². The van der Waals surface area contributed by atoms with Gasteiger partial charge in [0.15, 0.2) is 0 Å². The molecule has 1 heterocycles. The van der Waals surface area contributed by atoms with Crippen LogP contribution in [0.5, 0.6) is 5.88 Å². The molecule has 0 radical (unpaired) electrons. The molecule has 3 N–H and O–H groups in total. The molecular formula is C8H11BrN4O. The van der Waals surface area contributed by atoms with Crippen LogP contribution in [0.1, 0.15) is 6.42 Å². The number of nitrogen functional groups attached to an aromatic ring is 1. The number of anilines is 1. The molecule has 6 heteroatoms. The molecule has 0 bridgehead atoms. The van der Waals surface area contributed by atoms with E-state index in [1.54, 1.807) is 12.3 Å². The molecule has 76 valence electrons. The summed E-state index contributed by atoms with van der Waals surface area (Å²) in [7, 11) is 0. The normalized spacial score (nSPS) is 9.57. The molecule has 1 aromatic heterocycles. The highest BCUT2D eigenvalue weighted by Crippen LogP contribution is 2.22. The minimum absolute atomic E-state index is 0.321. The van der Waals surface area contributed by atoms with E-state index in [1.165, 1.54) is 0 Å². The van der Waals surface area contributed by atoms with Gasteiger partial charge >= 0.3 is 0 Å². The van der Waals surface area contributed by atoms with Gasteiger partial charge in [-0.05, 0) is 22.4 Å². The van der Waals surface area contributed by atoms with Crippen molar-refractivity contribution in [1.82, 2.24) is 9.97 Å². The van der Waals surface area contributed by atoms with Crippen molar-refractivity contribution >= 4 is 21.9 Å². The quantitative estimate of drug-likeness (QED) is 0.362. The molecule has 1 rings (SSSR count). The molecule has 14 heavy (non-hydrogen) atoms. The highest BCUT2D eigenvalue weighted by atomic mass is 79.9. The zero-order chi connectivity index (χ0) is 10.4. The maximum Gasteiger partial charge on any atom is 0.240 e. The fraction of sp³-hybridized carbons (Fsp3) is 0.250. The number of nitrogens with one attached hydrogen (secondary N) is 1. The number of nitrogens with two attached hydrogens (primary N) is 1. The van der Waals surface area contributed by atoms with Crippen molar-refractivity contribution in [2.75, 3.05) is 12.0 Å². The molecule has 0 atom stereocenters. The summed E-state index contributed by atoms with van der Waals surface area (Å²) in [4.78, 5) is 7.90. The van der Waals surface area contributed by atoms with E-state index in [2.05, 4.69) is 37.9 Å². The van der Waals surface area contributed by atoms with Gasteiger partial charge in [0.1, 0.15) is 0 Å². The van der Waals surface area contributed by atoms with Crippen molar-refractivity contribution in [3.63, 3.8) is 0 Å². The Labute approximate surface area is 90.5 Å². The molecule has 0 fully saturated rings. The van der Waals surface area contributed by atoms with Crippen molar-refractivity contribution in [2.24, 2.45) is 5.84 Å². The van der Waals surface area contributed by atoms with E-state index in [9.17, 15) is 0 Å². The smallest absolute Gasteiger partial charge is 0.240 e. The van der Waals surface area contributed by atoms with Gasteiger partial charge in [-0.15, -0.1) is 6.58 Å². The van der Waals surface area contributed by atoms with Crippen molar-refractivity contribution in [3.05, 3.63) is 23.3 Å². The van der Waals surface area contributed by atoms with Crippen molar-refractivity contribution in [1.29, 1.82) is 0 Å². The van der Waals surface area contributed by atoms with Crippen LogP contribution < -0.4 is 16.0 Å². The summed E-state index contributed by atoms with van der Waals surface area (Å²) in [6.07, 6.45) is 4.12. The fourth-order valence-electron chi connectivity index (χ4n) is 0.761. The number of rotatable bonds is 5. The molecular weight excluding hydrogens is 248 g/mol. The number of hydrazine groups is 1. The lowest BCUT2D eigenvalue weighted by atomic mass is 10.4. The zero-order valence-corrected chi connectivity index (χ0v) is 9.12. The number of halogens is 1. The number of hydrogen-bond acceptors (Lipinski definition) is 5. The summed E-state index contributed by atoms with van der Waals surface area (Å²) in [6, 6.07) is 0.